The van der Waals surface area contributed by atoms with E-state index in [1.807, 2.05) is 18.2 Å². The topological polar surface area (TPSA) is 87.2 Å². The smallest absolute Gasteiger partial charge is 0.359 e. The summed E-state index contributed by atoms with van der Waals surface area (Å²) < 4.78 is 12.1. The highest BCUT2D eigenvalue weighted by atomic mass is 16.5. The molecule has 2 aromatic heterocycles. The van der Waals surface area contributed by atoms with Crippen molar-refractivity contribution in [3.8, 4) is 0 Å². The molecule has 0 N–H and O–H groups in total. The molecule has 0 saturated heterocycles. The van der Waals surface area contributed by atoms with Gasteiger partial charge in [-0.15, -0.1) is 0 Å². The second-order valence-corrected chi connectivity index (χ2v) is 5.67. The van der Waals surface area contributed by atoms with Gasteiger partial charge in [0.25, 0.3) is 5.56 Å². The molecule has 26 heavy (non-hydrogen) atoms. The Hall–Kier alpha value is -3.48. The van der Waals surface area contributed by atoms with Crippen LogP contribution in [0, 0.1) is 0 Å². The highest BCUT2D eigenvalue weighted by Gasteiger charge is 2.18. The molecule has 0 radical (unpaired) electrons. The molecule has 0 amide bonds. The summed E-state index contributed by atoms with van der Waals surface area (Å²) in [6.45, 7) is 2.03. The number of aromatic nitrogens is 3. The van der Waals surface area contributed by atoms with Crippen molar-refractivity contribution in [2.24, 2.45) is 0 Å². The van der Waals surface area contributed by atoms with Crippen molar-refractivity contribution in [2.75, 3.05) is 0 Å². The molecule has 2 heterocycles. The minimum atomic E-state index is -0.634. The molecular formula is C19H15N3O4. The Kier molecular flexibility index (Phi) is 3.96. The van der Waals surface area contributed by atoms with Gasteiger partial charge in [-0.3, -0.25) is 4.79 Å². The van der Waals surface area contributed by atoms with Gasteiger partial charge in [-0.05, 0) is 25.1 Å². The van der Waals surface area contributed by atoms with E-state index in [-0.39, 0.29) is 17.9 Å². The number of para-hydroxylation sites is 2. The third-order valence-electron chi connectivity index (χ3n) is 4.03. The summed E-state index contributed by atoms with van der Waals surface area (Å²) in [4.78, 5) is 29.2. The van der Waals surface area contributed by atoms with Crippen LogP contribution in [0.15, 0.2) is 57.7 Å². The molecule has 4 aromatic rings. The number of oxazole rings is 1. The van der Waals surface area contributed by atoms with E-state index in [9.17, 15) is 9.59 Å². The molecule has 0 atom stereocenters. The van der Waals surface area contributed by atoms with Crippen molar-refractivity contribution in [3.63, 3.8) is 0 Å². The van der Waals surface area contributed by atoms with Gasteiger partial charge >= 0.3 is 5.97 Å². The van der Waals surface area contributed by atoms with Gasteiger partial charge in [0.05, 0.1) is 5.39 Å². The van der Waals surface area contributed by atoms with Crippen LogP contribution in [-0.2, 0) is 17.9 Å². The number of carbonyl (C=O) groups excluding carboxylic acids is 1. The monoisotopic (exact) mass is 349 g/mol. The maximum absolute atomic E-state index is 12.6. The first-order valence-corrected chi connectivity index (χ1v) is 8.19. The Morgan fingerprint density at radius 3 is 2.62 bits per heavy atom. The first-order chi connectivity index (χ1) is 12.7. The molecule has 0 aliphatic heterocycles. The largest absolute Gasteiger partial charge is 0.451 e. The van der Waals surface area contributed by atoms with Crippen molar-refractivity contribution < 1.29 is 13.9 Å². The van der Waals surface area contributed by atoms with E-state index < -0.39 is 5.97 Å². The average molecular weight is 349 g/mol. The van der Waals surface area contributed by atoms with E-state index in [0.29, 0.717) is 34.3 Å². The van der Waals surface area contributed by atoms with Gasteiger partial charge in [0.15, 0.2) is 17.9 Å². The van der Waals surface area contributed by atoms with E-state index in [1.165, 1.54) is 4.68 Å². The van der Waals surface area contributed by atoms with Crippen LogP contribution in [0.5, 0.6) is 0 Å². The fraction of sp³-hybridized carbons (Fsp3) is 0.158. The number of rotatable bonds is 4. The number of esters is 1. The lowest BCUT2D eigenvalue weighted by Crippen LogP contribution is -2.25. The minimum absolute atomic E-state index is 0.0955. The molecular weight excluding hydrogens is 334 g/mol. The van der Waals surface area contributed by atoms with Gasteiger partial charge in [-0.1, -0.05) is 30.3 Å². The first kappa shape index (κ1) is 16.0. The number of fused-ring (bicyclic) bond motifs is 2. The van der Waals surface area contributed by atoms with Crippen molar-refractivity contribution in [1.29, 1.82) is 0 Å². The molecule has 0 saturated carbocycles. The number of aryl methyl sites for hydroxylation is 1. The van der Waals surface area contributed by atoms with Gasteiger partial charge in [0, 0.05) is 11.9 Å². The van der Waals surface area contributed by atoms with Crippen molar-refractivity contribution in [3.05, 3.63) is 70.5 Å². The number of benzene rings is 2. The van der Waals surface area contributed by atoms with Crippen LogP contribution in [0.1, 0.15) is 23.3 Å². The Morgan fingerprint density at radius 1 is 1.12 bits per heavy atom. The molecule has 7 heteroatoms. The summed E-state index contributed by atoms with van der Waals surface area (Å²) >= 11 is 0. The molecule has 0 unspecified atom stereocenters. The van der Waals surface area contributed by atoms with Crippen LogP contribution < -0.4 is 5.56 Å². The first-order valence-electron chi connectivity index (χ1n) is 8.19. The van der Waals surface area contributed by atoms with E-state index >= 15 is 0 Å². The normalized spacial score (nSPS) is 11.1. The lowest BCUT2D eigenvalue weighted by atomic mass is 10.1. The fourth-order valence-corrected chi connectivity index (χ4v) is 2.78. The van der Waals surface area contributed by atoms with Crippen LogP contribution in [-0.4, -0.2) is 20.7 Å². The second-order valence-electron chi connectivity index (χ2n) is 5.67. The van der Waals surface area contributed by atoms with Crippen LogP contribution >= 0.6 is 0 Å². The summed E-state index contributed by atoms with van der Waals surface area (Å²) in [5, 5.41) is 5.04. The Labute approximate surface area is 147 Å². The van der Waals surface area contributed by atoms with Crippen molar-refractivity contribution >= 4 is 27.8 Å². The molecule has 0 bridgehead atoms. The van der Waals surface area contributed by atoms with E-state index in [1.54, 1.807) is 37.3 Å². The zero-order valence-corrected chi connectivity index (χ0v) is 14.0. The van der Waals surface area contributed by atoms with E-state index in [0.717, 1.165) is 0 Å². The molecule has 7 nitrogen and oxygen atoms in total. The molecule has 0 fully saturated rings. The van der Waals surface area contributed by atoms with Crippen LogP contribution in [0.2, 0.25) is 0 Å². The number of carbonyl (C=O) groups is 1. The zero-order valence-electron chi connectivity index (χ0n) is 14.0. The summed E-state index contributed by atoms with van der Waals surface area (Å²) in [6, 6.07) is 14.1. The number of ether oxygens (including phenoxy) is 1. The quantitative estimate of drug-likeness (QED) is 0.527. The Morgan fingerprint density at radius 2 is 1.85 bits per heavy atom. The molecule has 0 aliphatic rings. The van der Waals surface area contributed by atoms with E-state index in [2.05, 4.69) is 10.1 Å². The number of hydrogen-bond acceptors (Lipinski definition) is 6. The third-order valence-corrected chi connectivity index (χ3v) is 4.03. The Bertz CT molecular complexity index is 1140. The third kappa shape index (κ3) is 2.73. The fourth-order valence-electron chi connectivity index (χ4n) is 2.78. The lowest BCUT2D eigenvalue weighted by Gasteiger charge is -2.08. The van der Waals surface area contributed by atoms with Gasteiger partial charge in [0.2, 0.25) is 5.89 Å². The summed E-state index contributed by atoms with van der Waals surface area (Å²) in [5.41, 5.74) is 1.18. The van der Waals surface area contributed by atoms with Crippen LogP contribution in [0.3, 0.4) is 0 Å². The van der Waals surface area contributed by atoms with Crippen LogP contribution in [0.4, 0.5) is 0 Å². The van der Waals surface area contributed by atoms with Crippen molar-refractivity contribution in [1.82, 2.24) is 14.8 Å². The SMILES string of the molecule is CCn1nc(C(=O)OCc2nc3ccccc3o2)c2ccccc2c1=O. The molecule has 130 valence electrons. The predicted molar refractivity (Wildman–Crippen MR) is 94.8 cm³/mol. The number of hydrogen-bond donors (Lipinski definition) is 0. The zero-order chi connectivity index (χ0) is 18.1. The van der Waals surface area contributed by atoms with Crippen molar-refractivity contribution in [2.45, 2.75) is 20.1 Å². The number of nitrogens with zero attached hydrogens (tertiary/aromatic N) is 3. The average Bonchev–Trinajstić information content (AvgIpc) is 3.09. The van der Waals surface area contributed by atoms with Gasteiger partial charge in [0.1, 0.15) is 5.52 Å². The minimum Gasteiger partial charge on any atom is -0.451 e. The highest BCUT2D eigenvalue weighted by molar-refractivity contribution is 6.02. The highest BCUT2D eigenvalue weighted by Crippen LogP contribution is 2.17. The van der Waals surface area contributed by atoms with E-state index in [4.69, 9.17) is 9.15 Å². The lowest BCUT2D eigenvalue weighted by molar-refractivity contribution is 0.0433. The maximum atomic E-state index is 12.6. The molecule has 0 aliphatic carbocycles. The van der Waals surface area contributed by atoms with Crippen LogP contribution in [0.25, 0.3) is 21.9 Å². The standard InChI is InChI=1S/C19H15N3O4/c1-2-22-18(23)13-8-4-3-7-12(13)17(21-22)19(24)25-11-16-20-14-9-5-6-10-15(14)26-16/h3-10H,2,11H2,1H3. The summed E-state index contributed by atoms with van der Waals surface area (Å²) in [7, 11) is 0. The Balaban J connectivity index is 1.65. The maximum Gasteiger partial charge on any atom is 0.359 e. The van der Waals surface area contributed by atoms with Gasteiger partial charge < -0.3 is 9.15 Å². The van der Waals surface area contributed by atoms with Gasteiger partial charge in [-0.2, -0.15) is 5.10 Å². The molecule has 4 rings (SSSR count). The molecule has 0 spiro atoms. The summed E-state index contributed by atoms with van der Waals surface area (Å²) in [5.74, 6) is -0.335. The predicted octanol–water partition coefficient (Wildman–Crippen LogP) is 2.91. The molecule has 2 aromatic carbocycles. The summed E-state index contributed by atoms with van der Waals surface area (Å²) in [6.07, 6.45) is 0. The second kappa shape index (κ2) is 6.44. The van der Waals surface area contributed by atoms with Gasteiger partial charge in [-0.25, -0.2) is 14.5 Å².